The van der Waals surface area contributed by atoms with Gasteiger partial charge in [0.05, 0.1) is 12.8 Å². The van der Waals surface area contributed by atoms with Crippen molar-refractivity contribution < 1.29 is 4.74 Å². The van der Waals surface area contributed by atoms with Crippen LogP contribution in [0.3, 0.4) is 0 Å². The molecule has 3 rings (SSSR count). The Kier molecular flexibility index (Phi) is 5.24. The van der Waals surface area contributed by atoms with E-state index in [-0.39, 0.29) is 6.04 Å². The van der Waals surface area contributed by atoms with Gasteiger partial charge in [-0.1, -0.05) is 48.5 Å². The molecule has 0 spiro atoms. The first kappa shape index (κ1) is 16.2. The molecule has 0 saturated heterocycles. The van der Waals surface area contributed by atoms with Crippen molar-refractivity contribution in [1.29, 1.82) is 0 Å². The van der Waals surface area contributed by atoms with Crippen molar-refractivity contribution in [1.82, 2.24) is 10.3 Å². The smallest absolute Gasteiger partial charge is 0.126 e. The predicted molar refractivity (Wildman–Crippen MR) is 97.9 cm³/mol. The van der Waals surface area contributed by atoms with Crippen LogP contribution in [0.5, 0.6) is 5.75 Å². The predicted octanol–water partition coefficient (Wildman–Crippen LogP) is 4.61. The van der Waals surface area contributed by atoms with E-state index in [1.165, 1.54) is 5.56 Å². The maximum absolute atomic E-state index is 5.45. The van der Waals surface area contributed by atoms with Crippen LogP contribution in [0, 0.1) is 0 Å². The Labute approximate surface area is 143 Å². The molecule has 3 nitrogen and oxygen atoms in total. The zero-order chi connectivity index (χ0) is 16.8. The van der Waals surface area contributed by atoms with Crippen LogP contribution in [0.4, 0.5) is 0 Å². The molecule has 0 fully saturated rings. The maximum atomic E-state index is 5.45. The van der Waals surface area contributed by atoms with Crippen molar-refractivity contribution in [2.45, 2.75) is 19.5 Å². The van der Waals surface area contributed by atoms with Gasteiger partial charge >= 0.3 is 0 Å². The molecule has 0 aliphatic carbocycles. The molecule has 2 aromatic carbocycles. The number of rotatable bonds is 6. The van der Waals surface area contributed by atoms with E-state index in [2.05, 4.69) is 47.6 Å². The number of nitrogens with one attached hydrogen (secondary N) is 1. The van der Waals surface area contributed by atoms with Gasteiger partial charge in [-0.2, -0.15) is 0 Å². The fourth-order valence-corrected chi connectivity index (χ4v) is 2.71. The number of nitrogens with zero attached hydrogens (tertiary/aromatic N) is 1. The third-order valence-corrected chi connectivity index (χ3v) is 4.14. The van der Waals surface area contributed by atoms with Crippen molar-refractivity contribution in [2.75, 3.05) is 7.11 Å². The summed E-state index contributed by atoms with van der Waals surface area (Å²) in [5.41, 5.74) is 4.58. The average molecular weight is 318 g/mol. The second-order valence-corrected chi connectivity index (χ2v) is 5.75. The summed E-state index contributed by atoms with van der Waals surface area (Å²) in [6, 6.07) is 22.9. The zero-order valence-electron chi connectivity index (χ0n) is 14.1. The Balaban J connectivity index is 1.70. The molecule has 0 saturated carbocycles. The summed E-state index contributed by atoms with van der Waals surface area (Å²) in [4.78, 5) is 4.34. The molecule has 0 aliphatic heterocycles. The Hall–Kier alpha value is -2.65. The minimum Gasteiger partial charge on any atom is -0.496 e. The molecular formula is C21H22N2O. The van der Waals surface area contributed by atoms with Gasteiger partial charge < -0.3 is 10.1 Å². The number of hydrogen-bond donors (Lipinski definition) is 1. The molecule has 1 heterocycles. The molecule has 1 N–H and O–H groups in total. The molecule has 0 radical (unpaired) electrons. The van der Waals surface area contributed by atoms with E-state index in [1.807, 2.05) is 42.6 Å². The third-order valence-electron chi connectivity index (χ3n) is 4.14. The Morgan fingerprint density at radius 2 is 1.71 bits per heavy atom. The first-order chi connectivity index (χ1) is 11.8. The van der Waals surface area contributed by atoms with Gasteiger partial charge in [0.2, 0.25) is 0 Å². The van der Waals surface area contributed by atoms with Crippen LogP contribution in [0.2, 0.25) is 0 Å². The summed E-state index contributed by atoms with van der Waals surface area (Å²) in [5, 5.41) is 3.51. The number of para-hydroxylation sites is 1. The van der Waals surface area contributed by atoms with Crippen LogP contribution in [0.25, 0.3) is 11.1 Å². The van der Waals surface area contributed by atoms with E-state index in [1.54, 1.807) is 7.11 Å². The van der Waals surface area contributed by atoms with E-state index >= 15 is 0 Å². The minimum absolute atomic E-state index is 0.263. The number of benzene rings is 2. The SMILES string of the molecule is COc1ccccc1-c1ccc(C(C)NCc2ccccn2)cc1. The topological polar surface area (TPSA) is 34.1 Å². The lowest BCUT2D eigenvalue weighted by molar-refractivity contribution is 0.416. The normalized spacial score (nSPS) is 11.9. The lowest BCUT2D eigenvalue weighted by atomic mass is 10.0. The number of ether oxygens (including phenoxy) is 1. The number of aromatic nitrogens is 1. The van der Waals surface area contributed by atoms with Gasteiger partial charge in [-0.15, -0.1) is 0 Å². The lowest BCUT2D eigenvalue weighted by Gasteiger charge is -2.15. The van der Waals surface area contributed by atoms with Crippen molar-refractivity contribution in [3.05, 3.63) is 84.2 Å². The molecule has 24 heavy (non-hydrogen) atoms. The van der Waals surface area contributed by atoms with Gasteiger partial charge in [-0.3, -0.25) is 4.98 Å². The summed E-state index contributed by atoms with van der Waals surface area (Å²) < 4.78 is 5.45. The highest BCUT2D eigenvalue weighted by atomic mass is 16.5. The van der Waals surface area contributed by atoms with Crippen LogP contribution in [0.15, 0.2) is 72.9 Å². The van der Waals surface area contributed by atoms with E-state index in [9.17, 15) is 0 Å². The van der Waals surface area contributed by atoms with E-state index < -0.39 is 0 Å². The monoisotopic (exact) mass is 318 g/mol. The van der Waals surface area contributed by atoms with Gasteiger partial charge in [0.15, 0.2) is 0 Å². The van der Waals surface area contributed by atoms with E-state index in [0.717, 1.165) is 29.1 Å². The minimum atomic E-state index is 0.263. The van der Waals surface area contributed by atoms with Crippen molar-refractivity contribution in [3.8, 4) is 16.9 Å². The standard InChI is InChI=1S/C21H22N2O/c1-16(23-15-19-7-5-6-14-22-19)17-10-12-18(13-11-17)20-8-3-4-9-21(20)24-2/h3-14,16,23H,15H2,1-2H3. The quantitative estimate of drug-likeness (QED) is 0.721. The summed E-state index contributed by atoms with van der Waals surface area (Å²) in [6.07, 6.45) is 1.82. The average Bonchev–Trinajstić information content (AvgIpc) is 2.67. The number of hydrogen-bond acceptors (Lipinski definition) is 3. The summed E-state index contributed by atoms with van der Waals surface area (Å²) in [6.45, 7) is 2.93. The van der Waals surface area contributed by atoms with E-state index in [0.29, 0.717) is 0 Å². The highest BCUT2D eigenvalue weighted by Crippen LogP contribution is 2.30. The first-order valence-corrected chi connectivity index (χ1v) is 8.14. The molecule has 1 unspecified atom stereocenters. The van der Waals surface area contributed by atoms with Gasteiger partial charge in [0.1, 0.15) is 5.75 Å². The lowest BCUT2D eigenvalue weighted by Crippen LogP contribution is -2.18. The molecule has 0 amide bonds. The van der Waals surface area contributed by atoms with Crippen LogP contribution in [-0.2, 0) is 6.54 Å². The second-order valence-electron chi connectivity index (χ2n) is 5.75. The third kappa shape index (κ3) is 3.81. The van der Waals surface area contributed by atoms with Gasteiger partial charge in [0, 0.05) is 24.3 Å². The molecule has 3 aromatic rings. The summed E-state index contributed by atoms with van der Waals surface area (Å²) in [5.74, 6) is 0.895. The Bertz CT molecular complexity index is 769. The number of pyridine rings is 1. The maximum Gasteiger partial charge on any atom is 0.126 e. The van der Waals surface area contributed by atoms with Gasteiger partial charge in [0.25, 0.3) is 0 Å². The molecule has 1 atom stereocenters. The van der Waals surface area contributed by atoms with Gasteiger partial charge in [-0.05, 0) is 36.2 Å². The molecule has 0 aliphatic rings. The Morgan fingerprint density at radius 1 is 0.958 bits per heavy atom. The highest BCUT2D eigenvalue weighted by molar-refractivity contribution is 5.70. The molecule has 1 aromatic heterocycles. The molecular weight excluding hydrogens is 296 g/mol. The summed E-state index contributed by atoms with van der Waals surface area (Å²) >= 11 is 0. The fraction of sp³-hybridized carbons (Fsp3) is 0.190. The van der Waals surface area contributed by atoms with Crippen molar-refractivity contribution >= 4 is 0 Å². The fourth-order valence-electron chi connectivity index (χ4n) is 2.71. The first-order valence-electron chi connectivity index (χ1n) is 8.14. The highest BCUT2D eigenvalue weighted by Gasteiger charge is 2.08. The van der Waals surface area contributed by atoms with Crippen LogP contribution >= 0.6 is 0 Å². The van der Waals surface area contributed by atoms with Crippen LogP contribution in [0.1, 0.15) is 24.2 Å². The molecule has 122 valence electrons. The van der Waals surface area contributed by atoms with E-state index in [4.69, 9.17) is 4.74 Å². The van der Waals surface area contributed by atoms with Crippen LogP contribution in [-0.4, -0.2) is 12.1 Å². The van der Waals surface area contributed by atoms with Crippen molar-refractivity contribution in [3.63, 3.8) is 0 Å². The van der Waals surface area contributed by atoms with Gasteiger partial charge in [-0.25, -0.2) is 0 Å². The largest absolute Gasteiger partial charge is 0.496 e. The van der Waals surface area contributed by atoms with Crippen molar-refractivity contribution in [2.24, 2.45) is 0 Å². The second kappa shape index (κ2) is 7.75. The number of methoxy groups -OCH3 is 1. The summed E-state index contributed by atoms with van der Waals surface area (Å²) in [7, 11) is 1.71. The Morgan fingerprint density at radius 3 is 2.42 bits per heavy atom. The van der Waals surface area contributed by atoms with Crippen LogP contribution < -0.4 is 10.1 Å². The zero-order valence-corrected chi connectivity index (χ0v) is 14.1. The molecule has 3 heteroatoms. The molecule has 0 bridgehead atoms.